The Kier molecular flexibility index (Phi) is 9.42. The van der Waals surface area contributed by atoms with E-state index < -0.39 is 23.6 Å². The van der Waals surface area contributed by atoms with E-state index >= 15 is 0 Å². The minimum Gasteiger partial charge on any atom is -0.444 e. The Balaban J connectivity index is 2.30. The number of carbonyl (C=O) groups is 3. The number of hydrogen-bond donors (Lipinski definition) is 2. The van der Waals surface area contributed by atoms with Gasteiger partial charge in [0.2, 0.25) is 11.8 Å². The lowest BCUT2D eigenvalue weighted by molar-refractivity contribution is -0.139. The van der Waals surface area contributed by atoms with Gasteiger partial charge in [-0.25, -0.2) is 4.79 Å². The lowest BCUT2D eigenvalue weighted by atomic mass is 9.99. The highest BCUT2D eigenvalue weighted by atomic mass is 16.6. The molecule has 7 nitrogen and oxygen atoms in total. The fraction of sp³-hybridized carbons (Fsp3) is 0.370. The second kappa shape index (κ2) is 12.0. The zero-order valence-corrected chi connectivity index (χ0v) is 20.7. The van der Waals surface area contributed by atoms with Crippen LogP contribution in [-0.4, -0.2) is 41.5 Å². The maximum atomic E-state index is 13.4. The van der Waals surface area contributed by atoms with Crippen molar-refractivity contribution in [1.82, 2.24) is 15.5 Å². The third-order valence-corrected chi connectivity index (χ3v) is 4.86. The summed E-state index contributed by atoms with van der Waals surface area (Å²) in [5.41, 5.74) is 2.91. The van der Waals surface area contributed by atoms with Crippen molar-refractivity contribution in [3.8, 4) is 0 Å². The van der Waals surface area contributed by atoms with Gasteiger partial charge in [-0.05, 0) is 45.7 Å². The van der Waals surface area contributed by atoms with Crippen LogP contribution in [0.4, 0.5) is 4.79 Å². The van der Waals surface area contributed by atoms with Crippen molar-refractivity contribution >= 4 is 17.9 Å². The van der Waals surface area contributed by atoms with Gasteiger partial charge in [0, 0.05) is 13.1 Å². The smallest absolute Gasteiger partial charge is 0.408 e. The van der Waals surface area contributed by atoms with Crippen LogP contribution in [0.2, 0.25) is 0 Å². The average Bonchev–Trinajstić information content (AvgIpc) is 2.74. The van der Waals surface area contributed by atoms with Crippen molar-refractivity contribution in [3.63, 3.8) is 0 Å². The molecular formula is C27H35N3O4. The quantitative estimate of drug-likeness (QED) is 0.544. The fourth-order valence-corrected chi connectivity index (χ4v) is 3.58. The highest BCUT2D eigenvalue weighted by Crippen LogP contribution is 2.24. The molecule has 0 aliphatic carbocycles. The van der Waals surface area contributed by atoms with Crippen LogP contribution in [0.5, 0.6) is 0 Å². The summed E-state index contributed by atoms with van der Waals surface area (Å²) >= 11 is 0. The maximum Gasteiger partial charge on any atom is 0.408 e. The van der Waals surface area contributed by atoms with E-state index in [9.17, 15) is 14.4 Å². The molecule has 182 valence electrons. The van der Waals surface area contributed by atoms with Gasteiger partial charge >= 0.3 is 6.09 Å². The van der Waals surface area contributed by atoms with Gasteiger partial charge in [-0.1, -0.05) is 65.7 Å². The molecule has 2 N–H and O–H groups in total. The minimum atomic E-state index is -0.895. The van der Waals surface area contributed by atoms with Gasteiger partial charge in [0.25, 0.3) is 0 Å². The van der Waals surface area contributed by atoms with E-state index in [2.05, 4.69) is 17.2 Å². The van der Waals surface area contributed by atoms with E-state index in [0.29, 0.717) is 12.1 Å². The molecule has 0 bridgehead atoms. The summed E-state index contributed by atoms with van der Waals surface area (Å²) in [7, 11) is 0. The average molecular weight is 466 g/mol. The Morgan fingerprint density at radius 2 is 1.65 bits per heavy atom. The van der Waals surface area contributed by atoms with Crippen molar-refractivity contribution in [2.45, 2.75) is 52.8 Å². The van der Waals surface area contributed by atoms with E-state index in [-0.39, 0.29) is 19.0 Å². The summed E-state index contributed by atoms with van der Waals surface area (Å²) < 4.78 is 5.22. The SMILES string of the molecule is C=CCN(C(=O)CNC(=O)OC(C)(C)C)C(C(=O)NCc1ccccc1)c1cc(C)cc(C)c1. The molecule has 0 spiro atoms. The first-order valence-corrected chi connectivity index (χ1v) is 11.3. The molecule has 2 aromatic rings. The van der Waals surface area contributed by atoms with Gasteiger partial charge in [0.15, 0.2) is 0 Å². The minimum absolute atomic E-state index is 0.130. The number of nitrogens with zero attached hydrogens (tertiary/aromatic N) is 1. The van der Waals surface area contributed by atoms with Crippen LogP contribution in [0.3, 0.4) is 0 Å². The highest BCUT2D eigenvalue weighted by Gasteiger charge is 2.31. The molecule has 0 fully saturated rings. The number of benzene rings is 2. The van der Waals surface area contributed by atoms with Gasteiger partial charge in [-0.2, -0.15) is 0 Å². The number of rotatable bonds is 9. The van der Waals surface area contributed by atoms with Gasteiger partial charge in [0.05, 0.1) is 0 Å². The van der Waals surface area contributed by atoms with Crippen LogP contribution in [0.15, 0.2) is 61.2 Å². The number of alkyl carbamates (subject to hydrolysis) is 1. The molecule has 0 aliphatic heterocycles. The van der Waals surface area contributed by atoms with Gasteiger partial charge in [-0.3, -0.25) is 9.59 Å². The summed E-state index contributed by atoms with van der Waals surface area (Å²) in [6.07, 6.45) is 0.863. The normalized spacial score (nSPS) is 11.8. The van der Waals surface area contributed by atoms with E-state index in [1.165, 1.54) is 4.90 Å². The Morgan fingerprint density at radius 3 is 2.21 bits per heavy atom. The van der Waals surface area contributed by atoms with Crippen LogP contribution in [0.1, 0.15) is 49.1 Å². The Labute approximate surface area is 202 Å². The predicted molar refractivity (Wildman–Crippen MR) is 133 cm³/mol. The summed E-state index contributed by atoms with van der Waals surface area (Å²) in [6, 6.07) is 14.4. The molecule has 2 aromatic carbocycles. The van der Waals surface area contributed by atoms with Crippen molar-refractivity contribution < 1.29 is 19.1 Å². The zero-order chi connectivity index (χ0) is 25.3. The van der Waals surface area contributed by atoms with Crippen molar-refractivity contribution in [1.29, 1.82) is 0 Å². The number of hydrogen-bond acceptors (Lipinski definition) is 4. The predicted octanol–water partition coefficient (Wildman–Crippen LogP) is 4.20. The number of amides is 3. The Bertz CT molecular complexity index is 992. The molecule has 0 aromatic heterocycles. The summed E-state index contributed by atoms with van der Waals surface area (Å²) in [5.74, 6) is -0.744. The van der Waals surface area contributed by atoms with Crippen LogP contribution < -0.4 is 10.6 Å². The molecule has 3 amide bonds. The summed E-state index contributed by atoms with van der Waals surface area (Å²) in [6.45, 7) is 13.0. The highest BCUT2D eigenvalue weighted by molar-refractivity contribution is 5.90. The van der Waals surface area contributed by atoms with E-state index in [1.54, 1.807) is 26.8 Å². The molecule has 0 saturated carbocycles. The van der Waals surface area contributed by atoms with Gasteiger partial charge < -0.3 is 20.3 Å². The topological polar surface area (TPSA) is 87.7 Å². The monoisotopic (exact) mass is 465 g/mol. The zero-order valence-electron chi connectivity index (χ0n) is 20.7. The standard InChI is InChI=1S/C27H35N3O4/c1-7-13-30(23(31)18-29-26(33)34-27(4,5)6)24(22-15-19(2)14-20(3)16-22)25(32)28-17-21-11-9-8-10-12-21/h7-12,14-16,24H,1,13,17-18H2,2-6H3,(H,28,32)(H,29,33). The molecule has 0 heterocycles. The number of ether oxygens (including phenoxy) is 1. The molecule has 2 rings (SSSR count). The van der Waals surface area contributed by atoms with Crippen LogP contribution >= 0.6 is 0 Å². The number of nitrogens with one attached hydrogen (secondary N) is 2. The van der Waals surface area contributed by atoms with Gasteiger partial charge in [-0.15, -0.1) is 6.58 Å². The molecular weight excluding hydrogens is 430 g/mol. The first kappa shape index (κ1) is 26.6. The van der Waals surface area contributed by atoms with E-state index in [0.717, 1.165) is 16.7 Å². The number of aryl methyl sites for hydroxylation is 2. The van der Waals surface area contributed by atoms with E-state index in [1.807, 2.05) is 62.4 Å². The number of carbonyl (C=O) groups excluding carboxylic acids is 3. The molecule has 0 radical (unpaired) electrons. The van der Waals surface area contributed by atoms with E-state index in [4.69, 9.17) is 4.74 Å². The molecule has 34 heavy (non-hydrogen) atoms. The summed E-state index contributed by atoms with van der Waals surface area (Å²) in [4.78, 5) is 40.1. The lowest BCUT2D eigenvalue weighted by Crippen LogP contribution is -2.47. The molecule has 1 atom stereocenters. The van der Waals surface area contributed by atoms with Crippen LogP contribution in [-0.2, 0) is 20.9 Å². The fourth-order valence-electron chi connectivity index (χ4n) is 3.58. The van der Waals surface area contributed by atoms with Crippen LogP contribution in [0.25, 0.3) is 0 Å². The van der Waals surface area contributed by atoms with Gasteiger partial charge in [0.1, 0.15) is 18.2 Å². The second-order valence-corrected chi connectivity index (χ2v) is 9.22. The van der Waals surface area contributed by atoms with Crippen molar-refractivity contribution in [2.75, 3.05) is 13.1 Å². The second-order valence-electron chi connectivity index (χ2n) is 9.22. The maximum absolute atomic E-state index is 13.4. The molecule has 0 aliphatic rings. The third-order valence-electron chi connectivity index (χ3n) is 4.86. The molecule has 7 heteroatoms. The van der Waals surface area contributed by atoms with Crippen LogP contribution in [0, 0.1) is 13.8 Å². The Hall–Kier alpha value is -3.61. The Morgan fingerprint density at radius 1 is 1.03 bits per heavy atom. The first-order valence-electron chi connectivity index (χ1n) is 11.3. The summed E-state index contributed by atoms with van der Waals surface area (Å²) in [5, 5.41) is 5.43. The van der Waals surface area contributed by atoms with Crippen molar-refractivity contribution in [2.24, 2.45) is 0 Å². The van der Waals surface area contributed by atoms with Crippen molar-refractivity contribution in [3.05, 3.63) is 83.4 Å². The third kappa shape index (κ3) is 8.39. The molecule has 1 unspecified atom stereocenters. The molecule has 0 saturated heterocycles. The largest absolute Gasteiger partial charge is 0.444 e. The lowest BCUT2D eigenvalue weighted by Gasteiger charge is -2.31. The first-order chi connectivity index (χ1) is 16.0.